The maximum Gasteiger partial charge on any atom is 1.00 e. The van der Waals surface area contributed by atoms with Crippen molar-refractivity contribution in [2.75, 3.05) is 0 Å². The number of hydrogen-bond acceptors (Lipinski definition) is 1. The zero-order chi connectivity index (χ0) is 5.82. The summed E-state index contributed by atoms with van der Waals surface area (Å²) < 4.78 is 0. The zero-order valence-corrected chi connectivity index (χ0v) is 8.33. The van der Waals surface area contributed by atoms with Crippen molar-refractivity contribution >= 4 is 14.1 Å². The van der Waals surface area contributed by atoms with Crippen LogP contribution in [0, 0.1) is 0 Å². The monoisotopic (exact) mass is 150 g/mol. The van der Waals surface area contributed by atoms with E-state index in [1.807, 2.05) is 30.3 Å². The van der Waals surface area contributed by atoms with E-state index in [1.54, 1.807) is 0 Å². The van der Waals surface area contributed by atoms with Gasteiger partial charge in [0.1, 0.15) is 0 Å². The summed E-state index contributed by atoms with van der Waals surface area (Å²) in [4.78, 5) is 8.57. The van der Waals surface area contributed by atoms with Crippen molar-refractivity contribution in [2.45, 2.75) is 0 Å². The van der Waals surface area contributed by atoms with E-state index in [4.69, 9.17) is 4.89 Å². The minimum absolute atomic E-state index is 0. The Balaban J connectivity index is 0. The molecule has 1 aromatic rings. The molecule has 0 aromatic heterocycles. The average molecular weight is 150 g/mol. The topological polar surface area (TPSA) is 20.2 Å². The Labute approximate surface area is 80.1 Å². The molecule has 0 saturated carbocycles. The summed E-state index contributed by atoms with van der Waals surface area (Å²) in [5, 5.41) is 0.993. The Kier molecular flexibility index (Phi) is 5.77. The minimum atomic E-state index is -0.0700. The second kappa shape index (κ2) is 5.40. The van der Waals surface area contributed by atoms with Crippen molar-refractivity contribution in [3.63, 3.8) is 0 Å². The van der Waals surface area contributed by atoms with Crippen LogP contribution in [-0.2, 0) is 0 Å². The van der Waals surface area contributed by atoms with Crippen LogP contribution in [-0.4, -0.2) is 4.89 Å². The van der Waals surface area contributed by atoms with E-state index in [0.29, 0.717) is 0 Å². The molecule has 1 unspecified atom stereocenters. The Hall–Kier alpha value is 0.610. The second-order valence-electron chi connectivity index (χ2n) is 1.48. The summed E-state index contributed by atoms with van der Waals surface area (Å²) in [7, 11) is -0.0700. The van der Waals surface area contributed by atoms with Crippen molar-refractivity contribution in [3.8, 4) is 0 Å². The first kappa shape index (κ1) is 9.61. The van der Waals surface area contributed by atoms with Gasteiger partial charge in [-0.05, 0) is 5.30 Å². The molecule has 0 spiro atoms. The summed E-state index contributed by atoms with van der Waals surface area (Å²) in [5.41, 5.74) is 0. The van der Waals surface area contributed by atoms with Gasteiger partial charge < -0.3 is 6.32 Å². The first-order valence-electron chi connectivity index (χ1n) is 2.38. The van der Waals surface area contributed by atoms with Crippen molar-refractivity contribution in [3.05, 3.63) is 30.3 Å². The molecule has 0 aliphatic rings. The average Bonchev–Trinajstić information content (AvgIpc) is 1.90. The van der Waals surface area contributed by atoms with Gasteiger partial charge in [-0.25, -0.2) is 0 Å². The Bertz CT molecular complexity index is 159. The molecule has 0 aliphatic heterocycles. The van der Waals surface area contributed by atoms with Crippen LogP contribution in [0.25, 0.3) is 0 Å². The minimum Gasteiger partial charge on any atom is -1.00 e. The fourth-order valence-electron chi connectivity index (χ4n) is 0.513. The predicted molar refractivity (Wildman–Crippen MR) is 37.7 cm³/mol. The molecule has 9 heavy (non-hydrogen) atoms. The fraction of sp³-hybridized carbons (Fsp3) is 0. The Morgan fingerprint density at radius 1 is 1.22 bits per heavy atom. The third kappa shape index (κ3) is 3.34. The van der Waals surface area contributed by atoms with Crippen molar-refractivity contribution in [1.29, 1.82) is 0 Å². The summed E-state index contributed by atoms with van der Waals surface area (Å²) in [6.45, 7) is 0. The molecule has 0 radical (unpaired) electrons. The molecule has 1 rings (SSSR count). The molecule has 44 valence electrons. The first-order chi connectivity index (χ1) is 3.93. The van der Waals surface area contributed by atoms with E-state index in [2.05, 4.69) is 0 Å². The molecule has 1 N–H and O–H groups in total. The zero-order valence-electron chi connectivity index (χ0n) is 6.33. The molecule has 0 amide bonds. The molecule has 0 bridgehead atoms. The van der Waals surface area contributed by atoms with E-state index < -0.39 is 0 Å². The van der Waals surface area contributed by atoms with Crippen molar-refractivity contribution < 1.29 is 35.9 Å². The van der Waals surface area contributed by atoms with Gasteiger partial charge in [0.15, 0.2) is 0 Å². The van der Waals surface area contributed by atoms with Crippen LogP contribution < -0.4 is 34.9 Å². The Morgan fingerprint density at radius 2 is 1.78 bits per heavy atom. The van der Waals surface area contributed by atoms with Gasteiger partial charge in [-0.3, -0.25) is 0 Å². The predicted octanol–water partition coefficient (Wildman–Crippen LogP) is -1.99. The van der Waals surface area contributed by atoms with E-state index in [-0.39, 0.29) is 39.8 Å². The van der Waals surface area contributed by atoms with Crippen molar-refractivity contribution in [2.24, 2.45) is 0 Å². The van der Waals surface area contributed by atoms with E-state index in [0.717, 1.165) is 5.30 Å². The normalized spacial score (nSPS) is 9.44. The molecule has 1 nitrogen and oxygen atoms in total. The van der Waals surface area contributed by atoms with Crippen LogP contribution in [0.5, 0.6) is 0 Å². The largest absolute Gasteiger partial charge is 1.00 e. The molecular weight excluding hydrogens is 142 g/mol. The van der Waals surface area contributed by atoms with Crippen molar-refractivity contribution in [1.82, 2.24) is 0 Å². The Morgan fingerprint density at radius 3 is 2.11 bits per heavy atom. The van der Waals surface area contributed by atoms with Gasteiger partial charge in [-0.2, -0.15) is 0 Å². The standard InChI is InChI=1S/C6H7OP.Na.H/c7-8-6-4-2-1-3-5-6;;/h1-5,7-8H;;/q;+1;-1. The summed E-state index contributed by atoms with van der Waals surface area (Å²) >= 11 is 0. The van der Waals surface area contributed by atoms with Crippen LogP contribution >= 0.6 is 8.81 Å². The number of rotatable bonds is 1. The van der Waals surface area contributed by atoms with Crippen LogP contribution in [0.3, 0.4) is 0 Å². The molecule has 0 heterocycles. The fourth-order valence-corrected chi connectivity index (χ4v) is 0.854. The molecular formula is C6H8NaOP. The van der Waals surface area contributed by atoms with Crippen LogP contribution in [0.1, 0.15) is 1.43 Å². The van der Waals surface area contributed by atoms with Gasteiger partial charge in [0.25, 0.3) is 0 Å². The van der Waals surface area contributed by atoms with Crippen LogP contribution in [0.2, 0.25) is 0 Å². The maximum absolute atomic E-state index is 8.57. The quantitative estimate of drug-likeness (QED) is 0.363. The third-order valence-electron chi connectivity index (χ3n) is 0.903. The SMILES string of the molecule is OPc1ccccc1.[H-].[Na+]. The molecule has 3 heteroatoms. The van der Waals surface area contributed by atoms with Gasteiger partial charge in [0.2, 0.25) is 0 Å². The van der Waals surface area contributed by atoms with E-state index in [1.165, 1.54) is 0 Å². The molecule has 1 aromatic carbocycles. The van der Waals surface area contributed by atoms with E-state index in [9.17, 15) is 0 Å². The van der Waals surface area contributed by atoms with Gasteiger partial charge in [0.05, 0.1) is 0 Å². The summed E-state index contributed by atoms with van der Waals surface area (Å²) in [6.07, 6.45) is 0. The third-order valence-corrected chi connectivity index (χ3v) is 1.49. The number of benzene rings is 1. The summed E-state index contributed by atoms with van der Waals surface area (Å²) in [5.74, 6) is 0. The molecule has 0 fully saturated rings. The van der Waals surface area contributed by atoms with Gasteiger partial charge in [-0.15, -0.1) is 0 Å². The first-order valence-corrected chi connectivity index (χ1v) is 3.33. The maximum atomic E-state index is 8.57. The molecule has 0 aliphatic carbocycles. The van der Waals surface area contributed by atoms with Gasteiger partial charge in [0, 0.05) is 8.81 Å². The molecule has 1 atom stereocenters. The van der Waals surface area contributed by atoms with Crippen LogP contribution in [0.15, 0.2) is 30.3 Å². The number of hydrogen-bond donors (Lipinski definition) is 1. The second-order valence-corrected chi connectivity index (χ2v) is 2.28. The van der Waals surface area contributed by atoms with Gasteiger partial charge in [-0.1, -0.05) is 30.3 Å². The summed E-state index contributed by atoms with van der Waals surface area (Å²) in [6, 6.07) is 9.57. The smallest absolute Gasteiger partial charge is 1.00 e. The van der Waals surface area contributed by atoms with Gasteiger partial charge >= 0.3 is 29.6 Å². The van der Waals surface area contributed by atoms with E-state index >= 15 is 0 Å². The molecule has 0 saturated heterocycles. The van der Waals surface area contributed by atoms with Crippen LogP contribution in [0.4, 0.5) is 0 Å².